The number of carboxylic acid groups (broad SMARTS) is 1. The van der Waals surface area contributed by atoms with Crippen molar-refractivity contribution in [2.45, 2.75) is 38.7 Å². The first-order chi connectivity index (χ1) is 10.1. The summed E-state index contributed by atoms with van der Waals surface area (Å²) in [6.07, 6.45) is 3.69. The Hall–Kier alpha value is -0.590. The molecule has 1 aromatic carbocycles. The van der Waals surface area contributed by atoms with Crippen LogP contribution < -0.4 is 39.4 Å². The normalized spacial score (nSPS) is 11.5. The van der Waals surface area contributed by atoms with Crippen molar-refractivity contribution in [3.8, 4) is 5.75 Å². The Morgan fingerprint density at radius 1 is 1.23 bits per heavy atom. The summed E-state index contributed by atoms with van der Waals surface area (Å²) < 4.78 is 10.7. The number of carbonyl (C=O) groups excluding carboxylic acids is 1. The van der Waals surface area contributed by atoms with Gasteiger partial charge in [0, 0.05) is 12.2 Å². The van der Waals surface area contributed by atoms with Crippen LogP contribution in [0.4, 0.5) is 0 Å². The van der Waals surface area contributed by atoms with E-state index in [1.165, 1.54) is 25.0 Å². The second kappa shape index (κ2) is 12.9. The number of aromatic carboxylic acids is 1. The minimum atomic E-state index is -1.30. The van der Waals surface area contributed by atoms with Crippen molar-refractivity contribution in [3.05, 3.63) is 29.8 Å². The number of unbranched alkanes of at least 4 members (excludes halogenated alkanes) is 3. The molecule has 118 valence electrons. The van der Waals surface area contributed by atoms with Gasteiger partial charge in [-0.15, -0.1) is 0 Å². The van der Waals surface area contributed by atoms with Gasteiger partial charge in [-0.3, -0.25) is 0 Å². The number of rotatable bonds is 11. The van der Waals surface area contributed by atoms with E-state index in [0.717, 1.165) is 12.8 Å². The number of hydrogen-bond donors (Lipinski definition) is 1. The fourth-order valence-corrected chi connectivity index (χ4v) is 1.85. The first-order valence-corrected chi connectivity index (χ1v) is 7.34. The van der Waals surface area contributed by atoms with Crippen molar-refractivity contribution in [1.82, 2.24) is 0 Å². The molecular weight excluding hydrogens is 295 g/mol. The average molecular weight is 318 g/mol. The van der Waals surface area contributed by atoms with Crippen molar-refractivity contribution in [1.29, 1.82) is 0 Å². The molecule has 0 aliphatic rings. The van der Waals surface area contributed by atoms with Crippen LogP contribution >= 0.6 is 0 Å². The number of benzene rings is 1. The molecule has 0 heterocycles. The number of hydrogen-bond acceptors (Lipinski definition) is 5. The molecule has 0 aliphatic carbocycles. The topological polar surface area (TPSA) is 78.8 Å². The SMILES string of the molecule is CCCCCCOC[C@@H](O)COc1ccccc1C(=O)[O-].[Na+]. The van der Waals surface area contributed by atoms with Gasteiger partial charge >= 0.3 is 29.6 Å². The second-order valence-corrected chi connectivity index (χ2v) is 4.88. The predicted octanol–water partition coefficient (Wildman–Crippen LogP) is -1.61. The van der Waals surface area contributed by atoms with Crippen molar-refractivity contribution in [3.63, 3.8) is 0 Å². The van der Waals surface area contributed by atoms with Crippen LogP contribution in [0.5, 0.6) is 5.75 Å². The molecule has 0 saturated carbocycles. The molecule has 22 heavy (non-hydrogen) atoms. The fraction of sp³-hybridized carbons (Fsp3) is 0.562. The standard InChI is InChI=1S/C16H24O5.Na/c1-2-3-4-7-10-20-11-13(17)12-21-15-9-6-5-8-14(15)16(18)19;/h5-6,8-9,13,17H,2-4,7,10-12H2,1H3,(H,18,19);/q;+1/p-1/t13-;/m1./s1. The van der Waals surface area contributed by atoms with Crippen molar-refractivity contribution in [2.24, 2.45) is 0 Å². The number of ether oxygens (including phenoxy) is 2. The predicted molar refractivity (Wildman–Crippen MR) is 77.2 cm³/mol. The maximum absolute atomic E-state index is 10.9. The first kappa shape index (κ1) is 21.4. The van der Waals surface area contributed by atoms with Crippen molar-refractivity contribution < 1.29 is 54.0 Å². The van der Waals surface area contributed by atoms with E-state index >= 15 is 0 Å². The smallest absolute Gasteiger partial charge is 0.545 e. The van der Waals surface area contributed by atoms with Gasteiger partial charge in [0.15, 0.2) is 0 Å². The van der Waals surface area contributed by atoms with Gasteiger partial charge < -0.3 is 24.5 Å². The molecule has 1 N–H and O–H groups in total. The third-order valence-corrected chi connectivity index (χ3v) is 2.99. The number of carboxylic acids is 1. The monoisotopic (exact) mass is 318 g/mol. The molecule has 0 amide bonds. The van der Waals surface area contributed by atoms with E-state index in [1.54, 1.807) is 12.1 Å². The van der Waals surface area contributed by atoms with Gasteiger partial charge in [-0.1, -0.05) is 38.3 Å². The summed E-state index contributed by atoms with van der Waals surface area (Å²) in [5.41, 5.74) is -0.0230. The molecule has 0 radical (unpaired) electrons. The molecule has 0 aliphatic heterocycles. The van der Waals surface area contributed by atoms with Crippen LogP contribution in [-0.4, -0.2) is 37.0 Å². The van der Waals surface area contributed by atoms with E-state index in [2.05, 4.69) is 6.92 Å². The minimum Gasteiger partial charge on any atom is -0.545 e. The van der Waals surface area contributed by atoms with Crippen molar-refractivity contribution in [2.75, 3.05) is 19.8 Å². The van der Waals surface area contributed by atoms with Gasteiger partial charge in [-0.05, 0) is 18.6 Å². The largest absolute Gasteiger partial charge is 1.00 e. The molecule has 0 unspecified atom stereocenters. The van der Waals surface area contributed by atoms with Gasteiger partial charge in [0.05, 0.1) is 12.6 Å². The Labute approximate surface area is 153 Å². The minimum absolute atomic E-state index is 0. The average Bonchev–Trinajstić information content (AvgIpc) is 2.49. The maximum atomic E-state index is 10.9. The third-order valence-electron chi connectivity index (χ3n) is 2.99. The molecule has 1 atom stereocenters. The molecule has 0 aromatic heterocycles. The van der Waals surface area contributed by atoms with Crippen LogP contribution in [0.25, 0.3) is 0 Å². The van der Waals surface area contributed by atoms with Gasteiger partial charge in [0.1, 0.15) is 18.5 Å². The molecule has 1 aromatic rings. The zero-order chi connectivity index (χ0) is 15.5. The van der Waals surface area contributed by atoms with Crippen LogP contribution in [0.3, 0.4) is 0 Å². The van der Waals surface area contributed by atoms with Crippen LogP contribution in [0.2, 0.25) is 0 Å². The zero-order valence-corrected chi connectivity index (χ0v) is 15.4. The Balaban J connectivity index is 0.00000441. The van der Waals surface area contributed by atoms with E-state index < -0.39 is 12.1 Å². The third kappa shape index (κ3) is 8.76. The van der Waals surface area contributed by atoms with E-state index in [1.807, 2.05) is 0 Å². The molecule has 1 rings (SSSR count). The van der Waals surface area contributed by atoms with E-state index in [4.69, 9.17) is 9.47 Å². The molecule has 6 heteroatoms. The number of para-hydroxylation sites is 1. The summed E-state index contributed by atoms with van der Waals surface area (Å²) in [6.45, 7) is 2.93. The number of carbonyl (C=O) groups is 1. The Morgan fingerprint density at radius 3 is 2.64 bits per heavy atom. The van der Waals surface area contributed by atoms with Gasteiger partial charge in [0.25, 0.3) is 0 Å². The molecule has 0 spiro atoms. The molecule has 5 nitrogen and oxygen atoms in total. The summed E-state index contributed by atoms with van der Waals surface area (Å²) in [6, 6.07) is 6.19. The molecule has 0 bridgehead atoms. The van der Waals surface area contributed by atoms with Crippen molar-refractivity contribution >= 4 is 5.97 Å². The second-order valence-electron chi connectivity index (χ2n) is 4.88. The summed E-state index contributed by atoms with van der Waals surface area (Å²) in [5.74, 6) is -1.10. The van der Waals surface area contributed by atoms with Gasteiger partial charge in [-0.25, -0.2) is 0 Å². The summed E-state index contributed by atoms with van der Waals surface area (Å²) in [4.78, 5) is 10.9. The van der Waals surface area contributed by atoms with Gasteiger partial charge in [0.2, 0.25) is 0 Å². The van der Waals surface area contributed by atoms with E-state index in [-0.39, 0.29) is 54.1 Å². The van der Waals surface area contributed by atoms with Crippen LogP contribution in [0.15, 0.2) is 24.3 Å². The maximum Gasteiger partial charge on any atom is 1.00 e. The van der Waals surface area contributed by atoms with Gasteiger partial charge in [-0.2, -0.15) is 0 Å². The Kier molecular flexibility index (Phi) is 12.6. The van der Waals surface area contributed by atoms with Crippen LogP contribution in [0.1, 0.15) is 43.0 Å². The van der Waals surface area contributed by atoms with E-state index in [9.17, 15) is 15.0 Å². The summed E-state index contributed by atoms with van der Waals surface area (Å²) >= 11 is 0. The first-order valence-electron chi connectivity index (χ1n) is 7.34. The fourth-order valence-electron chi connectivity index (χ4n) is 1.85. The quantitative estimate of drug-likeness (QED) is 0.392. The molecule has 0 saturated heterocycles. The Morgan fingerprint density at radius 2 is 1.95 bits per heavy atom. The molecule has 0 fully saturated rings. The van der Waals surface area contributed by atoms with E-state index in [0.29, 0.717) is 6.61 Å². The number of aliphatic hydroxyl groups excluding tert-OH is 1. The van der Waals surface area contributed by atoms with Crippen LogP contribution in [-0.2, 0) is 4.74 Å². The summed E-state index contributed by atoms with van der Waals surface area (Å²) in [5, 5.41) is 20.6. The summed E-state index contributed by atoms with van der Waals surface area (Å²) in [7, 11) is 0. The van der Waals surface area contributed by atoms with Crippen LogP contribution in [0, 0.1) is 0 Å². The Bertz CT molecular complexity index is 425. The number of aliphatic hydroxyl groups is 1. The molecular formula is C16H23NaO5. The zero-order valence-electron chi connectivity index (χ0n) is 13.4.